The van der Waals surface area contributed by atoms with Gasteiger partial charge in [0.2, 0.25) is 5.91 Å². The number of carbonyl (C=O) groups excluding carboxylic acids is 1. The Morgan fingerprint density at radius 2 is 1.92 bits per heavy atom. The van der Waals surface area contributed by atoms with Gasteiger partial charge in [-0.1, -0.05) is 0 Å². The Morgan fingerprint density at radius 3 is 2.68 bits per heavy atom. The third-order valence-corrected chi connectivity index (χ3v) is 5.14. The Bertz CT molecular complexity index is 798. The van der Waals surface area contributed by atoms with E-state index in [2.05, 4.69) is 20.2 Å². The third kappa shape index (κ3) is 2.90. The van der Waals surface area contributed by atoms with Crippen LogP contribution < -0.4 is 4.90 Å². The number of piperidine rings is 1. The van der Waals surface area contributed by atoms with Gasteiger partial charge in [-0.05, 0) is 37.8 Å². The number of nitrogens with zero attached hydrogens (tertiary/aromatic N) is 6. The van der Waals surface area contributed by atoms with E-state index in [-0.39, 0.29) is 11.8 Å². The fraction of sp³-hybridized carbons (Fsp3) is 0.562. The van der Waals surface area contributed by atoms with Gasteiger partial charge < -0.3 is 14.9 Å². The first-order chi connectivity index (χ1) is 12.1. The zero-order valence-corrected chi connectivity index (χ0v) is 13.8. The highest BCUT2D eigenvalue weighted by molar-refractivity contribution is 5.85. The lowest BCUT2D eigenvalue weighted by atomic mass is 9.95. The predicted octanol–water partition coefficient (Wildman–Crippen LogP) is 0.416. The van der Waals surface area contributed by atoms with Gasteiger partial charge in [0.1, 0.15) is 18.2 Å². The molecule has 132 valence electrons. The lowest BCUT2D eigenvalue weighted by Crippen LogP contribution is -2.46. The molecule has 0 radical (unpaired) electrons. The molecule has 1 unspecified atom stereocenters. The van der Waals surface area contributed by atoms with Crippen molar-refractivity contribution in [2.24, 2.45) is 5.92 Å². The summed E-state index contributed by atoms with van der Waals surface area (Å²) in [6.45, 7) is 2.01. The average Bonchev–Trinajstić information content (AvgIpc) is 3.29. The maximum absolute atomic E-state index is 12.7. The monoisotopic (exact) mass is 344 g/mol. The van der Waals surface area contributed by atoms with Crippen LogP contribution in [0.4, 0.5) is 5.82 Å². The highest BCUT2D eigenvalue weighted by atomic mass is 16.4. The van der Waals surface area contributed by atoms with Gasteiger partial charge in [-0.3, -0.25) is 4.79 Å². The Balaban J connectivity index is 1.40. The summed E-state index contributed by atoms with van der Waals surface area (Å²) >= 11 is 0. The summed E-state index contributed by atoms with van der Waals surface area (Å²) in [7, 11) is 0. The van der Waals surface area contributed by atoms with Crippen molar-refractivity contribution in [3.05, 3.63) is 18.5 Å². The van der Waals surface area contributed by atoms with E-state index < -0.39 is 12.0 Å². The number of hydrogen-bond donors (Lipinski definition) is 1. The number of carboxylic acid groups (broad SMARTS) is 1. The zero-order chi connectivity index (χ0) is 17.4. The first kappa shape index (κ1) is 15.8. The Kier molecular flexibility index (Phi) is 3.98. The van der Waals surface area contributed by atoms with Gasteiger partial charge >= 0.3 is 5.97 Å². The standard InChI is InChI=1S/C16H20N6O3/c23-15(21-7-1-2-12(21)16(24)25)11-5-8-20(9-6-11)14-4-3-13-18-17-10-22(13)19-14/h3-4,10-12H,1-2,5-9H2,(H,24,25). The van der Waals surface area contributed by atoms with Crippen molar-refractivity contribution in [1.82, 2.24) is 24.7 Å². The number of rotatable bonds is 3. The predicted molar refractivity (Wildman–Crippen MR) is 88.1 cm³/mol. The van der Waals surface area contributed by atoms with Gasteiger partial charge in [-0.25, -0.2) is 4.79 Å². The van der Waals surface area contributed by atoms with Gasteiger partial charge in [0, 0.05) is 25.6 Å². The van der Waals surface area contributed by atoms with Crippen LogP contribution in [0.5, 0.6) is 0 Å². The van der Waals surface area contributed by atoms with E-state index in [0.29, 0.717) is 31.5 Å². The van der Waals surface area contributed by atoms with Crippen LogP contribution >= 0.6 is 0 Å². The maximum atomic E-state index is 12.7. The normalized spacial score (nSPS) is 21.8. The van der Waals surface area contributed by atoms with Gasteiger partial charge in [0.25, 0.3) is 0 Å². The van der Waals surface area contributed by atoms with E-state index in [0.717, 1.165) is 25.3 Å². The molecule has 2 aromatic heterocycles. The molecule has 0 aromatic carbocycles. The molecule has 2 fully saturated rings. The quantitative estimate of drug-likeness (QED) is 0.860. The number of amides is 1. The summed E-state index contributed by atoms with van der Waals surface area (Å²) < 4.78 is 1.63. The summed E-state index contributed by atoms with van der Waals surface area (Å²) in [5.74, 6) is -0.167. The van der Waals surface area contributed by atoms with Crippen LogP contribution in [-0.4, -0.2) is 67.4 Å². The van der Waals surface area contributed by atoms with E-state index >= 15 is 0 Å². The minimum absolute atomic E-state index is 0.00762. The number of hydrogen-bond acceptors (Lipinski definition) is 6. The van der Waals surface area contributed by atoms with Crippen molar-refractivity contribution >= 4 is 23.3 Å². The molecule has 25 heavy (non-hydrogen) atoms. The molecule has 4 heterocycles. The lowest BCUT2D eigenvalue weighted by molar-refractivity contribution is -0.150. The second kappa shape index (κ2) is 6.30. The molecule has 0 saturated carbocycles. The number of likely N-dealkylation sites (tertiary alicyclic amines) is 1. The molecule has 2 saturated heterocycles. The molecule has 1 atom stereocenters. The zero-order valence-electron chi connectivity index (χ0n) is 13.8. The van der Waals surface area contributed by atoms with Crippen LogP contribution in [0.25, 0.3) is 5.65 Å². The number of fused-ring (bicyclic) bond motifs is 1. The average molecular weight is 344 g/mol. The third-order valence-electron chi connectivity index (χ3n) is 5.14. The topological polar surface area (TPSA) is 104 Å². The largest absolute Gasteiger partial charge is 0.480 e. The fourth-order valence-corrected chi connectivity index (χ4v) is 3.76. The van der Waals surface area contributed by atoms with Gasteiger partial charge in [-0.2, -0.15) is 4.52 Å². The molecule has 1 amide bonds. The molecule has 2 aromatic rings. The van der Waals surface area contributed by atoms with Crippen LogP contribution in [0, 0.1) is 5.92 Å². The van der Waals surface area contributed by atoms with E-state index in [4.69, 9.17) is 0 Å². The molecule has 9 heteroatoms. The molecule has 0 bridgehead atoms. The highest BCUT2D eigenvalue weighted by Crippen LogP contribution is 2.27. The minimum Gasteiger partial charge on any atom is -0.480 e. The van der Waals surface area contributed by atoms with Crippen molar-refractivity contribution in [2.75, 3.05) is 24.5 Å². The molecule has 1 N–H and O–H groups in total. The summed E-state index contributed by atoms with van der Waals surface area (Å²) in [4.78, 5) is 27.7. The van der Waals surface area contributed by atoms with Crippen molar-refractivity contribution < 1.29 is 14.7 Å². The molecule has 4 rings (SSSR count). The number of carbonyl (C=O) groups is 2. The summed E-state index contributed by atoms with van der Waals surface area (Å²) in [6, 6.07) is 3.13. The minimum atomic E-state index is -0.894. The molecule has 0 aliphatic carbocycles. The van der Waals surface area contributed by atoms with Crippen LogP contribution in [0.1, 0.15) is 25.7 Å². The van der Waals surface area contributed by atoms with Crippen molar-refractivity contribution in [3.63, 3.8) is 0 Å². The van der Waals surface area contributed by atoms with Gasteiger partial charge in [0.05, 0.1) is 0 Å². The van der Waals surface area contributed by atoms with Gasteiger partial charge in [-0.15, -0.1) is 15.3 Å². The first-order valence-corrected chi connectivity index (χ1v) is 8.59. The molecule has 2 aliphatic rings. The highest BCUT2D eigenvalue weighted by Gasteiger charge is 2.38. The van der Waals surface area contributed by atoms with Crippen molar-refractivity contribution in [2.45, 2.75) is 31.7 Å². The van der Waals surface area contributed by atoms with Crippen LogP contribution in [-0.2, 0) is 9.59 Å². The molecular weight excluding hydrogens is 324 g/mol. The van der Waals surface area contributed by atoms with Crippen molar-refractivity contribution in [3.8, 4) is 0 Å². The van der Waals surface area contributed by atoms with E-state index in [1.807, 2.05) is 12.1 Å². The molecular formula is C16H20N6O3. The second-order valence-corrected chi connectivity index (χ2v) is 6.61. The molecule has 0 spiro atoms. The fourth-order valence-electron chi connectivity index (χ4n) is 3.76. The SMILES string of the molecule is O=C(O)C1CCCN1C(=O)C1CCN(c2ccc3nncn3n2)CC1. The Morgan fingerprint density at radius 1 is 1.12 bits per heavy atom. The number of aromatic nitrogens is 4. The van der Waals surface area contributed by atoms with Crippen LogP contribution in [0.2, 0.25) is 0 Å². The number of aliphatic carboxylic acids is 1. The summed E-state index contributed by atoms with van der Waals surface area (Å²) in [6.07, 6.45) is 4.31. The van der Waals surface area contributed by atoms with E-state index in [1.54, 1.807) is 15.7 Å². The Hall–Kier alpha value is -2.71. The maximum Gasteiger partial charge on any atom is 0.326 e. The number of anilines is 1. The van der Waals surface area contributed by atoms with Gasteiger partial charge in [0.15, 0.2) is 5.65 Å². The summed E-state index contributed by atoms with van der Waals surface area (Å²) in [5.41, 5.74) is 0.697. The van der Waals surface area contributed by atoms with E-state index in [1.165, 1.54) is 0 Å². The molecule has 9 nitrogen and oxygen atoms in total. The van der Waals surface area contributed by atoms with E-state index in [9.17, 15) is 14.7 Å². The smallest absolute Gasteiger partial charge is 0.326 e. The first-order valence-electron chi connectivity index (χ1n) is 8.59. The second-order valence-electron chi connectivity index (χ2n) is 6.61. The number of carboxylic acids is 1. The summed E-state index contributed by atoms with van der Waals surface area (Å²) in [5, 5.41) is 21.5. The van der Waals surface area contributed by atoms with Crippen LogP contribution in [0.15, 0.2) is 18.5 Å². The molecule has 2 aliphatic heterocycles. The van der Waals surface area contributed by atoms with Crippen LogP contribution in [0.3, 0.4) is 0 Å². The Labute approximate surface area is 144 Å². The lowest BCUT2D eigenvalue weighted by Gasteiger charge is -2.34. The van der Waals surface area contributed by atoms with Crippen molar-refractivity contribution in [1.29, 1.82) is 0 Å².